The Balaban J connectivity index is -0.000000245. The standard InChI is InChI=1S/C6H14O2.2CH4/c1-6(2,3)8-5-4-7;;/h7H,4-5H2,1-3H3;2*1H4. The molecule has 0 aliphatic carbocycles. The van der Waals surface area contributed by atoms with E-state index in [1.54, 1.807) is 0 Å². The van der Waals surface area contributed by atoms with Gasteiger partial charge in [-0.1, -0.05) is 14.9 Å². The number of hydrogen-bond donors (Lipinski definition) is 1. The van der Waals surface area contributed by atoms with Gasteiger partial charge in [-0.3, -0.25) is 0 Å². The van der Waals surface area contributed by atoms with Gasteiger partial charge in [-0.05, 0) is 20.8 Å². The molecule has 0 aromatic rings. The Morgan fingerprint density at radius 1 is 1.20 bits per heavy atom. The third-order valence-electron chi connectivity index (χ3n) is 0.626. The second kappa shape index (κ2) is 7.03. The lowest BCUT2D eigenvalue weighted by molar-refractivity contribution is -0.0199. The lowest BCUT2D eigenvalue weighted by Crippen LogP contribution is -2.20. The molecular formula is C8H22O2. The summed E-state index contributed by atoms with van der Waals surface area (Å²) >= 11 is 0. The zero-order valence-electron chi connectivity index (χ0n) is 5.77. The molecule has 0 rings (SSSR count). The van der Waals surface area contributed by atoms with Gasteiger partial charge in [-0.15, -0.1) is 0 Å². The zero-order valence-corrected chi connectivity index (χ0v) is 5.77. The Hall–Kier alpha value is -0.0800. The minimum atomic E-state index is -0.108. The van der Waals surface area contributed by atoms with Gasteiger partial charge in [-0.2, -0.15) is 0 Å². The van der Waals surface area contributed by atoms with Crippen molar-refractivity contribution < 1.29 is 9.84 Å². The molecule has 2 nitrogen and oxygen atoms in total. The molecule has 0 aliphatic heterocycles. The van der Waals surface area contributed by atoms with Crippen LogP contribution in [0.2, 0.25) is 0 Å². The maximum Gasteiger partial charge on any atom is 0.0704 e. The van der Waals surface area contributed by atoms with Gasteiger partial charge in [-0.25, -0.2) is 0 Å². The van der Waals surface area contributed by atoms with E-state index in [-0.39, 0.29) is 27.1 Å². The molecule has 2 heteroatoms. The molecule has 0 aromatic carbocycles. The van der Waals surface area contributed by atoms with Gasteiger partial charge in [0, 0.05) is 0 Å². The molecular weight excluding hydrogens is 128 g/mol. The van der Waals surface area contributed by atoms with Crippen LogP contribution in [-0.4, -0.2) is 23.9 Å². The molecule has 0 atom stereocenters. The van der Waals surface area contributed by atoms with Crippen molar-refractivity contribution in [1.82, 2.24) is 0 Å². The third kappa shape index (κ3) is 15.7. The molecule has 0 saturated heterocycles. The molecule has 0 radical (unpaired) electrons. The van der Waals surface area contributed by atoms with Gasteiger partial charge in [0.2, 0.25) is 0 Å². The van der Waals surface area contributed by atoms with Crippen LogP contribution < -0.4 is 0 Å². The smallest absolute Gasteiger partial charge is 0.0704 e. The van der Waals surface area contributed by atoms with Gasteiger partial charge in [0.05, 0.1) is 18.8 Å². The summed E-state index contributed by atoms with van der Waals surface area (Å²) in [6, 6.07) is 0. The van der Waals surface area contributed by atoms with Gasteiger partial charge in [0.1, 0.15) is 0 Å². The average molecular weight is 150 g/mol. The molecule has 0 fully saturated rings. The largest absolute Gasteiger partial charge is 0.394 e. The highest BCUT2D eigenvalue weighted by atomic mass is 16.5. The molecule has 66 valence electrons. The van der Waals surface area contributed by atoms with Crippen molar-refractivity contribution in [3.05, 3.63) is 0 Å². The molecule has 0 unspecified atom stereocenters. The van der Waals surface area contributed by atoms with E-state index in [4.69, 9.17) is 9.84 Å². The summed E-state index contributed by atoms with van der Waals surface area (Å²) in [6.45, 7) is 6.43. The molecule has 0 aliphatic rings. The van der Waals surface area contributed by atoms with Crippen molar-refractivity contribution in [3.63, 3.8) is 0 Å². The van der Waals surface area contributed by atoms with Gasteiger partial charge >= 0.3 is 0 Å². The minimum Gasteiger partial charge on any atom is -0.394 e. The fourth-order valence-corrected chi connectivity index (χ4v) is 0.352. The Morgan fingerprint density at radius 3 is 1.70 bits per heavy atom. The quantitative estimate of drug-likeness (QED) is 0.653. The predicted molar refractivity (Wildman–Crippen MR) is 46.3 cm³/mol. The van der Waals surface area contributed by atoms with Crippen LogP contribution in [0.5, 0.6) is 0 Å². The normalized spacial score (nSPS) is 9.60. The fourth-order valence-electron chi connectivity index (χ4n) is 0.352. The summed E-state index contributed by atoms with van der Waals surface area (Å²) in [5, 5.41) is 8.30. The van der Waals surface area contributed by atoms with Crippen LogP contribution in [0.25, 0.3) is 0 Å². The summed E-state index contributed by atoms with van der Waals surface area (Å²) in [5.74, 6) is 0. The van der Waals surface area contributed by atoms with Crippen molar-refractivity contribution in [1.29, 1.82) is 0 Å². The Bertz CT molecular complexity index is 54.8. The van der Waals surface area contributed by atoms with E-state index in [1.165, 1.54) is 0 Å². The fraction of sp³-hybridized carbons (Fsp3) is 1.00. The highest BCUT2D eigenvalue weighted by Crippen LogP contribution is 2.04. The van der Waals surface area contributed by atoms with Gasteiger partial charge < -0.3 is 9.84 Å². The van der Waals surface area contributed by atoms with Crippen molar-refractivity contribution >= 4 is 0 Å². The monoisotopic (exact) mass is 150 g/mol. The second-order valence-corrected chi connectivity index (χ2v) is 2.68. The van der Waals surface area contributed by atoms with Crippen molar-refractivity contribution in [2.24, 2.45) is 0 Å². The molecule has 0 amide bonds. The summed E-state index contributed by atoms with van der Waals surface area (Å²) in [4.78, 5) is 0. The third-order valence-corrected chi connectivity index (χ3v) is 0.626. The maximum atomic E-state index is 8.30. The van der Waals surface area contributed by atoms with E-state index in [1.807, 2.05) is 20.8 Å². The molecule has 0 aromatic heterocycles. The molecule has 0 saturated carbocycles. The van der Waals surface area contributed by atoms with Crippen LogP contribution in [0.3, 0.4) is 0 Å². The van der Waals surface area contributed by atoms with E-state index in [0.29, 0.717) is 6.61 Å². The van der Waals surface area contributed by atoms with E-state index in [9.17, 15) is 0 Å². The van der Waals surface area contributed by atoms with Crippen LogP contribution in [0.15, 0.2) is 0 Å². The summed E-state index contributed by atoms with van der Waals surface area (Å²) in [7, 11) is 0. The van der Waals surface area contributed by atoms with E-state index in [0.717, 1.165) is 0 Å². The first-order valence-electron chi connectivity index (χ1n) is 2.81. The lowest BCUT2D eigenvalue weighted by atomic mass is 10.2. The van der Waals surface area contributed by atoms with E-state index < -0.39 is 0 Å². The highest BCUT2D eigenvalue weighted by Gasteiger charge is 2.07. The first-order valence-corrected chi connectivity index (χ1v) is 2.81. The number of rotatable bonds is 2. The molecule has 0 heterocycles. The Kier molecular flexibility index (Phi) is 11.6. The topological polar surface area (TPSA) is 29.5 Å². The number of ether oxygens (including phenoxy) is 1. The summed E-state index contributed by atoms with van der Waals surface area (Å²) in [5.41, 5.74) is -0.108. The number of aliphatic hydroxyl groups excluding tert-OH is 1. The first-order chi connectivity index (χ1) is 3.56. The van der Waals surface area contributed by atoms with E-state index in [2.05, 4.69) is 0 Å². The Labute approximate surface area is 65.2 Å². The van der Waals surface area contributed by atoms with Gasteiger partial charge in [0.25, 0.3) is 0 Å². The van der Waals surface area contributed by atoms with Crippen LogP contribution in [0.4, 0.5) is 0 Å². The molecule has 0 spiro atoms. The SMILES string of the molecule is C.C.CC(C)(C)OCCO. The van der Waals surface area contributed by atoms with Crippen LogP contribution in [0.1, 0.15) is 35.6 Å². The predicted octanol–water partition coefficient (Wildman–Crippen LogP) is 2.07. The van der Waals surface area contributed by atoms with Crippen molar-refractivity contribution in [3.8, 4) is 0 Å². The maximum absolute atomic E-state index is 8.30. The summed E-state index contributed by atoms with van der Waals surface area (Å²) in [6.07, 6.45) is 0. The van der Waals surface area contributed by atoms with Gasteiger partial charge in [0.15, 0.2) is 0 Å². The highest BCUT2D eigenvalue weighted by molar-refractivity contribution is 4.57. The number of aliphatic hydroxyl groups is 1. The lowest BCUT2D eigenvalue weighted by Gasteiger charge is -2.18. The van der Waals surface area contributed by atoms with E-state index >= 15 is 0 Å². The van der Waals surface area contributed by atoms with Crippen LogP contribution in [0, 0.1) is 0 Å². The zero-order chi connectivity index (χ0) is 6.62. The van der Waals surface area contributed by atoms with Crippen LogP contribution in [-0.2, 0) is 4.74 Å². The summed E-state index contributed by atoms with van der Waals surface area (Å²) < 4.78 is 5.13. The molecule has 0 bridgehead atoms. The Morgan fingerprint density at radius 2 is 1.60 bits per heavy atom. The second-order valence-electron chi connectivity index (χ2n) is 2.68. The molecule has 1 N–H and O–H groups in total. The first kappa shape index (κ1) is 16.5. The van der Waals surface area contributed by atoms with Crippen LogP contribution >= 0.6 is 0 Å². The van der Waals surface area contributed by atoms with Crippen molar-refractivity contribution in [2.45, 2.75) is 41.2 Å². The number of hydrogen-bond acceptors (Lipinski definition) is 2. The molecule has 10 heavy (non-hydrogen) atoms. The average Bonchev–Trinajstić information content (AvgIpc) is 1.59. The van der Waals surface area contributed by atoms with Crippen molar-refractivity contribution in [2.75, 3.05) is 13.2 Å². The minimum absolute atomic E-state index is 0.